The highest BCUT2D eigenvalue weighted by Gasteiger charge is 2.60. The van der Waals surface area contributed by atoms with E-state index in [1.54, 1.807) is 0 Å². The second-order valence-electron chi connectivity index (χ2n) is 8.11. The van der Waals surface area contributed by atoms with Crippen LogP contribution in [-0.2, 0) is 22.5 Å². The first kappa shape index (κ1) is 19.8. The highest BCUT2D eigenvalue weighted by atomic mass is 16.5. The fraction of sp³-hybridized carbons (Fsp3) is 0.522. The Morgan fingerprint density at radius 2 is 1.93 bits per heavy atom. The molecule has 3 heterocycles. The zero-order chi connectivity index (χ0) is 20.3. The predicted molar refractivity (Wildman–Crippen MR) is 112 cm³/mol. The first-order valence-corrected chi connectivity index (χ1v) is 10.7. The lowest BCUT2D eigenvalue weighted by atomic mass is 9.70. The van der Waals surface area contributed by atoms with Gasteiger partial charge >= 0.3 is 5.97 Å². The van der Waals surface area contributed by atoms with E-state index < -0.39 is 5.41 Å². The van der Waals surface area contributed by atoms with Crippen LogP contribution in [0.4, 0.5) is 5.95 Å². The summed E-state index contributed by atoms with van der Waals surface area (Å²) in [7, 11) is 0. The zero-order valence-corrected chi connectivity index (χ0v) is 17.3. The van der Waals surface area contributed by atoms with Gasteiger partial charge in [0.1, 0.15) is 0 Å². The van der Waals surface area contributed by atoms with Crippen LogP contribution in [0.3, 0.4) is 0 Å². The molecule has 2 aliphatic rings. The Morgan fingerprint density at radius 1 is 1.17 bits per heavy atom. The minimum atomic E-state index is -0.467. The molecule has 0 spiro atoms. The quantitative estimate of drug-likeness (QED) is 0.692. The number of carbonyl (C=O) groups is 1. The molecule has 1 aromatic heterocycles. The Morgan fingerprint density at radius 3 is 2.62 bits per heavy atom. The zero-order valence-electron chi connectivity index (χ0n) is 17.3. The summed E-state index contributed by atoms with van der Waals surface area (Å²) in [6.45, 7) is 5.92. The summed E-state index contributed by atoms with van der Waals surface area (Å²) in [5, 5.41) is 3.13. The van der Waals surface area contributed by atoms with Crippen molar-refractivity contribution in [3.05, 3.63) is 53.9 Å². The third-order valence-corrected chi connectivity index (χ3v) is 6.33. The number of fused-ring (bicyclic) bond motifs is 2. The van der Waals surface area contributed by atoms with Crippen LogP contribution in [0.2, 0.25) is 0 Å². The summed E-state index contributed by atoms with van der Waals surface area (Å²) in [6.07, 6.45) is 7.56. The van der Waals surface area contributed by atoms with Crippen molar-refractivity contribution in [1.82, 2.24) is 14.9 Å². The second kappa shape index (κ2) is 8.49. The smallest absolute Gasteiger partial charge is 0.314 e. The Labute approximate surface area is 172 Å². The molecule has 0 saturated carbocycles. The van der Waals surface area contributed by atoms with Crippen molar-refractivity contribution in [2.45, 2.75) is 58.2 Å². The van der Waals surface area contributed by atoms with Gasteiger partial charge in [-0.25, -0.2) is 9.97 Å². The summed E-state index contributed by atoms with van der Waals surface area (Å²) in [5.74, 6) is 0.616. The van der Waals surface area contributed by atoms with Crippen LogP contribution >= 0.6 is 0 Å². The van der Waals surface area contributed by atoms with Gasteiger partial charge in [0, 0.05) is 43.1 Å². The van der Waals surface area contributed by atoms with Gasteiger partial charge in [0.2, 0.25) is 5.95 Å². The first-order chi connectivity index (χ1) is 14.2. The molecule has 3 atom stereocenters. The third-order valence-electron chi connectivity index (χ3n) is 6.33. The lowest BCUT2D eigenvalue weighted by Gasteiger charge is -2.35. The highest BCUT2D eigenvalue weighted by molar-refractivity contribution is 5.79. The van der Waals surface area contributed by atoms with Crippen LogP contribution in [0, 0.1) is 5.41 Å². The maximum absolute atomic E-state index is 13.2. The maximum atomic E-state index is 13.2. The summed E-state index contributed by atoms with van der Waals surface area (Å²) < 4.78 is 5.60. The maximum Gasteiger partial charge on any atom is 0.314 e. The Bertz CT molecular complexity index is 827. The average molecular weight is 395 g/mol. The van der Waals surface area contributed by atoms with Gasteiger partial charge in [-0.15, -0.1) is 0 Å². The van der Waals surface area contributed by atoms with Crippen molar-refractivity contribution in [1.29, 1.82) is 0 Å². The van der Waals surface area contributed by atoms with E-state index in [1.807, 2.05) is 44.4 Å². The molecule has 6 heteroatoms. The summed E-state index contributed by atoms with van der Waals surface area (Å²) >= 11 is 0. The van der Waals surface area contributed by atoms with Crippen molar-refractivity contribution in [2.75, 3.05) is 18.5 Å². The first-order valence-electron chi connectivity index (χ1n) is 10.7. The monoisotopic (exact) mass is 394 g/mol. The van der Waals surface area contributed by atoms with Gasteiger partial charge in [0.15, 0.2) is 0 Å². The number of nitrogens with zero attached hydrogens (tertiary/aromatic N) is 3. The molecule has 1 aromatic carbocycles. The number of rotatable bonds is 8. The van der Waals surface area contributed by atoms with Gasteiger partial charge in [-0.05, 0) is 45.1 Å². The fourth-order valence-electron chi connectivity index (χ4n) is 5.16. The minimum Gasteiger partial charge on any atom is -0.466 e. The lowest BCUT2D eigenvalue weighted by molar-refractivity contribution is -0.157. The second-order valence-corrected chi connectivity index (χ2v) is 8.11. The minimum absolute atomic E-state index is 0.0419. The molecule has 2 fully saturated rings. The van der Waals surface area contributed by atoms with E-state index in [0.717, 1.165) is 44.3 Å². The predicted octanol–water partition coefficient (Wildman–Crippen LogP) is 3.44. The molecule has 2 aliphatic heterocycles. The Kier molecular flexibility index (Phi) is 5.81. The molecule has 0 aliphatic carbocycles. The van der Waals surface area contributed by atoms with Gasteiger partial charge in [-0.3, -0.25) is 9.69 Å². The largest absolute Gasteiger partial charge is 0.466 e. The molecular formula is C23H30N4O2. The van der Waals surface area contributed by atoms with Crippen LogP contribution in [-0.4, -0.2) is 46.1 Å². The number of hydrogen-bond donors (Lipinski definition) is 1. The molecule has 0 radical (unpaired) electrons. The number of aromatic nitrogens is 2. The van der Waals surface area contributed by atoms with E-state index in [4.69, 9.17) is 4.74 Å². The number of ether oxygens (including phenoxy) is 1. The van der Waals surface area contributed by atoms with E-state index in [9.17, 15) is 4.79 Å². The molecule has 4 rings (SSSR count). The van der Waals surface area contributed by atoms with Crippen LogP contribution in [0.5, 0.6) is 0 Å². The Balaban J connectivity index is 1.57. The van der Waals surface area contributed by atoms with Gasteiger partial charge < -0.3 is 10.1 Å². The number of nitrogens with one attached hydrogen (secondary N) is 1. The van der Waals surface area contributed by atoms with E-state index in [1.165, 1.54) is 5.56 Å². The average Bonchev–Trinajstić information content (AvgIpc) is 3.25. The molecule has 0 unspecified atom stereocenters. The molecular weight excluding hydrogens is 364 g/mol. The number of esters is 1. The molecule has 2 saturated heterocycles. The van der Waals surface area contributed by atoms with Crippen molar-refractivity contribution < 1.29 is 9.53 Å². The molecule has 0 amide bonds. The van der Waals surface area contributed by atoms with Crippen molar-refractivity contribution in [3.8, 4) is 0 Å². The van der Waals surface area contributed by atoms with Crippen LogP contribution in [0.1, 0.15) is 44.2 Å². The SMILES string of the molecule is CCNc1ncc(CN2[C@H]3CC[C@@H]2[C@](Cc2ccccc2)(C(=O)OCC)C3)cn1. The Hall–Kier alpha value is -2.47. The standard InChI is InChI=1S/C23H30N4O2/c1-3-24-22-25-14-18(15-26-22)16-27-19-10-11-20(27)23(13-19,21(28)29-4-2)12-17-8-6-5-7-9-17/h5-9,14-15,19-20H,3-4,10-13,16H2,1-2H3,(H,24,25,26)/t19-,20+,23+/m0/s1. The lowest BCUT2D eigenvalue weighted by Crippen LogP contribution is -2.46. The molecule has 1 N–H and O–H groups in total. The van der Waals surface area contributed by atoms with Crippen molar-refractivity contribution in [3.63, 3.8) is 0 Å². The normalized spacial score (nSPS) is 25.9. The van der Waals surface area contributed by atoms with Gasteiger partial charge in [-0.1, -0.05) is 30.3 Å². The summed E-state index contributed by atoms with van der Waals surface area (Å²) in [5.41, 5.74) is 1.82. The van der Waals surface area contributed by atoms with Gasteiger partial charge in [0.25, 0.3) is 0 Å². The summed E-state index contributed by atoms with van der Waals surface area (Å²) in [6, 6.07) is 10.9. The summed E-state index contributed by atoms with van der Waals surface area (Å²) in [4.78, 5) is 24.5. The van der Waals surface area contributed by atoms with E-state index in [0.29, 0.717) is 18.6 Å². The molecule has 6 nitrogen and oxygen atoms in total. The van der Waals surface area contributed by atoms with E-state index in [2.05, 4.69) is 32.3 Å². The van der Waals surface area contributed by atoms with Crippen LogP contribution < -0.4 is 5.32 Å². The number of carbonyl (C=O) groups excluding carboxylic acids is 1. The van der Waals surface area contributed by atoms with Crippen molar-refractivity contribution in [2.24, 2.45) is 5.41 Å². The molecule has 2 aromatic rings. The molecule has 29 heavy (non-hydrogen) atoms. The topological polar surface area (TPSA) is 67.4 Å². The number of hydrogen-bond acceptors (Lipinski definition) is 6. The molecule has 154 valence electrons. The fourth-order valence-corrected chi connectivity index (χ4v) is 5.16. The number of benzene rings is 1. The number of anilines is 1. The highest BCUT2D eigenvalue weighted by Crippen LogP contribution is 2.52. The third kappa shape index (κ3) is 3.86. The van der Waals surface area contributed by atoms with E-state index in [-0.39, 0.29) is 12.0 Å². The van der Waals surface area contributed by atoms with Crippen LogP contribution in [0.15, 0.2) is 42.7 Å². The van der Waals surface area contributed by atoms with Crippen LogP contribution in [0.25, 0.3) is 0 Å². The van der Waals surface area contributed by atoms with E-state index >= 15 is 0 Å². The molecule has 2 bridgehead atoms. The van der Waals surface area contributed by atoms with Gasteiger partial charge in [0.05, 0.1) is 12.0 Å². The van der Waals surface area contributed by atoms with Crippen molar-refractivity contribution >= 4 is 11.9 Å². The van der Waals surface area contributed by atoms with Gasteiger partial charge in [-0.2, -0.15) is 0 Å².